The Morgan fingerprint density at radius 1 is 1.09 bits per heavy atom. The number of aliphatic hydroxyl groups excluding tert-OH is 1. The van der Waals surface area contributed by atoms with Gasteiger partial charge in [0, 0.05) is 36.3 Å². The molecule has 1 N–H and O–H groups in total. The molecule has 9 heteroatoms. The number of ether oxygens (including phenoxy) is 1. The number of hydrogen-bond acceptors (Lipinski definition) is 7. The molecule has 0 aromatic heterocycles. The molecular weight excluding hydrogens is 586 g/mol. The first-order valence-electron chi connectivity index (χ1n) is 16.0. The number of aliphatic hydroxyl groups is 1. The SMILES string of the molecule is C=CCCOC(=O)[C@@H]1[C@H]2C(=O)N([C@@H](CO)Cc3ccccc3)C(C(=O)N(CC=C)c3ccc(N(CC)CC)cc3)C23CC[C@H]1S3. The number of anilines is 2. The number of thioether (sulfide) groups is 1. The number of rotatable bonds is 15. The molecule has 2 aromatic carbocycles. The lowest BCUT2D eigenvalue weighted by Gasteiger charge is -2.39. The Bertz CT molecular complexity index is 1380. The van der Waals surface area contributed by atoms with Gasteiger partial charge in [0.2, 0.25) is 5.91 Å². The topological polar surface area (TPSA) is 90.4 Å². The molecule has 2 amide bonds. The second kappa shape index (κ2) is 14.3. The molecule has 2 unspecified atom stereocenters. The van der Waals surface area contributed by atoms with Crippen LogP contribution in [0.1, 0.15) is 38.7 Å². The molecule has 2 bridgehead atoms. The van der Waals surface area contributed by atoms with Crippen molar-refractivity contribution in [1.82, 2.24) is 4.90 Å². The summed E-state index contributed by atoms with van der Waals surface area (Å²) in [5, 5.41) is 10.7. The van der Waals surface area contributed by atoms with Gasteiger partial charge in [-0.05, 0) is 69.4 Å². The molecule has 5 rings (SSSR count). The van der Waals surface area contributed by atoms with Crippen LogP contribution in [0.25, 0.3) is 0 Å². The molecule has 3 aliphatic heterocycles. The largest absolute Gasteiger partial charge is 0.465 e. The van der Waals surface area contributed by atoms with Gasteiger partial charge in [0.05, 0.1) is 35.8 Å². The maximum absolute atomic E-state index is 15.0. The zero-order valence-corrected chi connectivity index (χ0v) is 27.2. The predicted octanol–water partition coefficient (Wildman–Crippen LogP) is 4.87. The zero-order valence-electron chi connectivity index (χ0n) is 26.3. The van der Waals surface area contributed by atoms with Crippen LogP contribution in [0.4, 0.5) is 11.4 Å². The Hall–Kier alpha value is -3.56. The van der Waals surface area contributed by atoms with Crippen LogP contribution in [0, 0.1) is 11.8 Å². The minimum atomic E-state index is -0.862. The van der Waals surface area contributed by atoms with Crippen molar-refractivity contribution in [2.45, 2.75) is 61.6 Å². The van der Waals surface area contributed by atoms with E-state index in [4.69, 9.17) is 4.74 Å². The van der Waals surface area contributed by atoms with E-state index in [1.165, 1.54) is 0 Å². The summed E-state index contributed by atoms with van der Waals surface area (Å²) in [5.41, 5.74) is 2.74. The summed E-state index contributed by atoms with van der Waals surface area (Å²) >= 11 is 1.60. The molecule has 2 aromatic rings. The monoisotopic (exact) mass is 631 g/mol. The number of hydrogen-bond donors (Lipinski definition) is 1. The molecule has 0 saturated carbocycles. The van der Waals surface area contributed by atoms with Crippen LogP contribution < -0.4 is 9.80 Å². The van der Waals surface area contributed by atoms with E-state index in [0.717, 1.165) is 30.8 Å². The minimum absolute atomic E-state index is 0.101. The Balaban J connectivity index is 1.55. The van der Waals surface area contributed by atoms with Crippen LogP contribution >= 0.6 is 11.8 Å². The second-order valence-corrected chi connectivity index (χ2v) is 13.6. The highest BCUT2D eigenvalue weighted by Crippen LogP contribution is 2.67. The average molecular weight is 632 g/mol. The maximum Gasteiger partial charge on any atom is 0.310 e. The summed E-state index contributed by atoms with van der Waals surface area (Å²) in [4.78, 5) is 48.6. The van der Waals surface area contributed by atoms with Crippen molar-refractivity contribution in [3.8, 4) is 0 Å². The third kappa shape index (κ3) is 6.04. The van der Waals surface area contributed by atoms with E-state index in [1.807, 2.05) is 54.6 Å². The van der Waals surface area contributed by atoms with Gasteiger partial charge >= 0.3 is 5.97 Å². The van der Waals surface area contributed by atoms with Gasteiger partial charge in [-0.3, -0.25) is 14.4 Å². The van der Waals surface area contributed by atoms with Crippen LogP contribution in [0.5, 0.6) is 0 Å². The Kier molecular flexibility index (Phi) is 10.4. The quantitative estimate of drug-likeness (QED) is 0.171. The van der Waals surface area contributed by atoms with Gasteiger partial charge in [0.25, 0.3) is 5.91 Å². The lowest BCUT2D eigenvalue weighted by Crippen LogP contribution is -2.58. The van der Waals surface area contributed by atoms with Gasteiger partial charge in [-0.2, -0.15) is 0 Å². The number of esters is 1. The molecule has 1 spiro atoms. The lowest BCUT2D eigenvalue weighted by molar-refractivity contribution is -0.154. The second-order valence-electron chi connectivity index (χ2n) is 12.0. The number of amides is 2. The summed E-state index contributed by atoms with van der Waals surface area (Å²) in [6.45, 7) is 13.7. The molecular formula is C36H45N3O5S. The first kappa shape index (κ1) is 32.8. The molecule has 3 saturated heterocycles. The predicted molar refractivity (Wildman–Crippen MR) is 180 cm³/mol. The average Bonchev–Trinajstić information content (AvgIpc) is 3.71. The summed E-state index contributed by atoms with van der Waals surface area (Å²) < 4.78 is 4.83. The molecule has 45 heavy (non-hydrogen) atoms. The van der Waals surface area contributed by atoms with Crippen molar-refractivity contribution < 1.29 is 24.2 Å². The van der Waals surface area contributed by atoms with Gasteiger partial charge in [0.15, 0.2) is 0 Å². The molecule has 3 aliphatic rings. The Labute approximate surface area is 271 Å². The minimum Gasteiger partial charge on any atom is -0.465 e. The van der Waals surface area contributed by atoms with E-state index >= 15 is 0 Å². The van der Waals surface area contributed by atoms with Crippen molar-refractivity contribution in [2.24, 2.45) is 11.8 Å². The highest BCUT2D eigenvalue weighted by Gasteiger charge is 2.74. The number of carbonyl (C=O) groups excluding carboxylic acids is 3. The summed E-state index contributed by atoms with van der Waals surface area (Å²) in [6.07, 6.45) is 5.65. The van der Waals surface area contributed by atoms with Crippen molar-refractivity contribution in [2.75, 3.05) is 42.6 Å². The molecule has 0 radical (unpaired) electrons. The van der Waals surface area contributed by atoms with Crippen LogP contribution in [0.2, 0.25) is 0 Å². The van der Waals surface area contributed by atoms with Crippen molar-refractivity contribution >= 4 is 40.9 Å². The fourth-order valence-electron chi connectivity index (χ4n) is 7.54. The zero-order chi connectivity index (χ0) is 32.1. The number of fused-ring (bicyclic) bond motifs is 1. The Morgan fingerprint density at radius 2 is 1.78 bits per heavy atom. The van der Waals surface area contributed by atoms with Crippen molar-refractivity contribution in [1.29, 1.82) is 0 Å². The summed E-state index contributed by atoms with van der Waals surface area (Å²) in [7, 11) is 0. The van der Waals surface area contributed by atoms with E-state index < -0.39 is 28.7 Å². The van der Waals surface area contributed by atoms with Crippen LogP contribution in [0.3, 0.4) is 0 Å². The van der Waals surface area contributed by atoms with Crippen LogP contribution in [-0.2, 0) is 25.5 Å². The van der Waals surface area contributed by atoms with E-state index in [-0.39, 0.29) is 42.8 Å². The fourth-order valence-corrected chi connectivity index (χ4v) is 9.73. The third-order valence-corrected chi connectivity index (χ3v) is 11.5. The van der Waals surface area contributed by atoms with Crippen molar-refractivity contribution in [3.05, 3.63) is 85.5 Å². The van der Waals surface area contributed by atoms with E-state index in [9.17, 15) is 19.5 Å². The van der Waals surface area contributed by atoms with E-state index in [0.29, 0.717) is 24.9 Å². The normalized spacial score (nSPS) is 25.5. The fraction of sp³-hybridized carbons (Fsp3) is 0.472. The van der Waals surface area contributed by atoms with Crippen LogP contribution in [-0.4, -0.2) is 82.7 Å². The van der Waals surface area contributed by atoms with Crippen LogP contribution in [0.15, 0.2) is 79.9 Å². The molecule has 240 valence electrons. The van der Waals surface area contributed by atoms with Gasteiger partial charge < -0.3 is 24.5 Å². The maximum atomic E-state index is 15.0. The first-order chi connectivity index (χ1) is 21.8. The number of nitrogens with zero attached hydrogens (tertiary/aromatic N) is 3. The van der Waals surface area contributed by atoms with Gasteiger partial charge in [-0.25, -0.2) is 0 Å². The number of benzene rings is 2. The van der Waals surface area contributed by atoms with Gasteiger partial charge in [-0.1, -0.05) is 42.5 Å². The first-order valence-corrected chi connectivity index (χ1v) is 16.9. The van der Waals surface area contributed by atoms with Gasteiger partial charge in [0.1, 0.15) is 6.04 Å². The number of carbonyl (C=O) groups is 3. The summed E-state index contributed by atoms with van der Waals surface area (Å²) in [5.74, 6) is -2.20. The molecule has 3 fully saturated rings. The van der Waals surface area contributed by atoms with E-state index in [2.05, 4.69) is 31.9 Å². The highest BCUT2D eigenvalue weighted by atomic mass is 32.2. The molecule has 0 aliphatic carbocycles. The highest BCUT2D eigenvalue weighted by molar-refractivity contribution is 8.02. The lowest BCUT2D eigenvalue weighted by atomic mass is 9.71. The molecule has 6 atom stereocenters. The van der Waals surface area contributed by atoms with E-state index in [1.54, 1.807) is 33.7 Å². The van der Waals surface area contributed by atoms with Gasteiger partial charge in [-0.15, -0.1) is 24.9 Å². The smallest absolute Gasteiger partial charge is 0.310 e. The Morgan fingerprint density at radius 3 is 2.40 bits per heavy atom. The molecule has 3 heterocycles. The standard InChI is InChI=1S/C36H45N3O5S/c1-5-9-22-44-35(43)30-29-19-20-36(45-29)31(30)33(41)39(28(24-40)23-25-13-11-10-12-14-25)32(36)34(42)38(21-6-2)27-17-15-26(16-18-27)37(7-3)8-4/h5-6,10-18,28-32,40H,1-2,7-9,19-24H2,3-4H3/t28-,29-,30+,31+,32?,36?/m1/s1. The third-order valence-electron chi connectivity index (χ3n) is 9.60. The number of likely N-dealkylation sites (tertiary alicyclic amines) is 1. The van der Waals surface area contributed by atoms with Crippen molar-refractivity contribution in [3.63, 3.8) is 0 Å². The summed E-state index contributed by atoms with van der Waals surface area (Å²) in [6, 6.07) is 16.1. The molecule has 8 nitrogen and oxygen atoms in total.